The topological polar surface area (TPSA) is 127 Å². The first-order valence-corrected chi connectivity index (χ1v) is 9.88. The summed E-state index contributed by atoms with van der Waals surface area (Å²) in [4.78, 5) is 52.6. The maximum Gasteiger partial charge on any atom is 0.410 e. The van der Waals surface area contributed by atoms with E-state index in [9.17, 15) is 19.2 Å². The summed E-state index contributed by atoms with van der Waals surface area (Å²) in [6.45, 7) is 2.77. The van der Waals surface area contributed by atoms with Crippen LogP contribution in [-0.4, -0.2) is 60.1 Å². The van der Waals surface area contributed by atoms with Crippen LogP contribution in [0.2, 0.25) is 0 Å². The van der Waals surface area contributed by atoms with Crippen molar-refractivity contribution < 1.29 is 28.7 Å². The van der Waals surface area contributed by atoms with Crippen LogP contribution in [0.15, 0.2) is 5.38 Å². The first-order valence-electron chi connectivity index (χ1n) is 9.00. The summed E-state index contributed by atoms with van der Waals surface area (Å²) in [5, 5.41) is 2.38. The van der Waals surface area contributed by atoms with Crippen molar-refractivity contribution in [1.29, 1.82) is 0 Å². The van der Waals surface area contributed by atoms with Crippen LogP contribution in [0.1, 0.15) is 47.6 Å². The Hall–Kier alpha value is -3.13. The van der Waals surface area contributed by atoms with Gasteiger partial charge in [0.25, 0.3) is 5.91 Å². The number of hydrogen-bond acceptors (Lipinski definition) is 8. The molecule has 0 atom stereocenters. The van der Waals surface area contributed by atoms with Gasteiger partial charge in [0.15, 0.2) is 6.61 Å². The SMILES string of the molecule is C#CCOC(=O)N1CCC(c2nc(C(=O)NNC(=O)CC(=O)OCC)cs2)CC1. The molecule has 156 valence electrons. The van der Waals surface area contributed by atoms with E-state index in [2.05, 4.69) is 26.5 Å². The Morgan fingerprint density at radius 3 is 2.66 bits per heavy atom. The van der Waals surface area contributed by atoms with Gasteiger partial charge in [-0.2, -0.15) is 0 Å². The molecule has 2 heterocycles. The maximum atomic E-state index is 12.1. The molecular formula is C18H22N4O6S. The highest BCUT2D eigenvalue weighted by atomic mass is 32.1. The van der Waals surface area contributed by atoms with Crippen LogP contribution in [0, 0.1) is 12.3 Å². The zero-order chi connectivity index (χ0) is 21.2. The molecule has 11 heteroatoms. The molecule has 0 saturated carbocycles. The molecule has 0 spiro atoms. The average molecular weight is 422 g/mol. The van der Waals surface area contributed by atoms with Crippen LogP contribution < -0.4 is 10.9 Å². The number of rotatable bonds is 6. The van der Waals surface area contributed by atoms with Crippen molar-refractivity contribution in [1.82, 2.24) is 20.7 Å². The number of aromatic nitrogens is 1. The fourth-order valence-corrected chi connectivity index (χ4v) is 3.63. The van der Waals surface area contributed by atoms with Gasteiger partial charge in [0.2, 0.25) is 5.91 Å². The lowest BCUT2D eigenvalue weighted by Crippen LogP contribution is -2.42. The highest BCUT2D eigenvalue weighted by Crippen LogP contribution is 2.30. The van der Waals surface area contributed by atoms with E-state index in [0.29, 0.717) is 25.9 Å². The Labute approximate surface area is 171 Å². The van der Waals surface area contributed by atoms with Crippen molar-refractivity contribution in [3.05, 3.63) is 16.1 Å². The minimum Gasteiger partial charge on any atom is -0.466 e. The summed E-state index contributed by atoms with van der Waals surface area (Å²) in [5.74, 6) is 0.431. The van der Waals surface area contributed by atoms with E-state index in [1.807, 2.05) is 0 Å². The van der Waals surface area contributed by atoms with Crippen molar-refractivity contribution in [3.63, 3.8) is 0 Å². The largest absolute Gasteiger partial charge is 0.466 e. The zero-order valence-electron chi connectivity index (χ0n) is 15.9. The lowest BCUT2D eigenvalue weighted by Gasteiger charge is -2.30. The molecule has 29 heavy (non-hydrogen) atoms. The molecule has 0 aromatic carbocycles. The number of piperidine rings is 1. The van der Waals surface area contributed by atoms with Gasteiger partial charge in [-0.25, -0.2) is 9.78 Å². The van der Waals surface area contributed by atoms with Crippen molar-refractivity contribution >= 4 is 35.2 Å². The summed E-state index contributed by atoms with van der Waals surface area (Å²) in [6, 6.07) is 0. The van der Waals surface area contributed by atoms with Gasteiger partial charge >= 0.3 is 12.1 Å². The quantitative estimate of drug-likeness (QED) is 0.301. The number of hydrazine groups is 1. The van der Waals surface area contributed by atoms with Gasteiger partial charge in [0, 0.05) is 24.4 Å². The van der Waals surface area contributed by atoms with Crippen molar-refractivity contribution in [2.45, 2.75) is 32.1 Å². The molecule has 0 unspecified atom stereocenters. The third-order valence-corrected chi connectivity index (χ3v) is 5.07. The maximum absolute atomic E-state index is 12.1. The van der Waals surface area contributed by atoms with Gasteiger partial charge < -0.3 is 14.4 Å². The van der Waals surface area contributed by atoms with E-state index in [0.717, 1.165) is 5.01 Å². The van der Waals surface area contributed by atoms with E-state index in [4.69, 9.17) is 11.2 Å². The zero-order valence-corrected chi connectivity index (χ0v) is 16.8. The van der Waals surface area contributed by atoms with E-state index < -0.39 is 30.3 Å². The standard InChI is InChI=1S/C18H22N4O6S/c1-3-9-28-18(26)22-7-5-12(6-8-22)17-19-13(11-29-17)16(25)21-20-14(23)10-15(24)27-4-2/h1,11-12H,4-10H2,2H3,(H,20,23)(H,21,25). The number of likely N-dealkylation sites (tertiary alicyclic amines) is 1. The number of esters is 1. The predicted molar refractivity (Wildman–Crippen MR) is 103 cm³/mol. The van der Waals surface area contributed by atoms with Gasteiger partial charge in [-0.1, -0.05) is 5.92 Å². The van der Waals surface area contributed by atoms with Gasteiger partial charge in [0.1, 0.15) is 12.1 Å². The van der Waals surface area contributed by atoms with Gasteiger partial charge in [-0.3, -0.25) is 25.2 Å². The molecule has 10 nitrogen and oxygen atoms in total. The molecule has 1 aromatic heterocycles. The molecule has 1 aliphatic heterocycles. The lowest BCUT2D eigenvalue weighted by atomic mass is 9.98. The van der Waals surface area contributed by atoms with Crippen molar-refractivity contribution in [3.8, 4) is 12.3 Å². The second-order valence-electron chi connectivity index (χ2n) is 6.08. The number of amides is 3. The van der Waals surface area contributed by atoms with Gasteiger partial charge in [-0.15, -0.1) is 17.8 Å². The van der Waals surface area contributed by atoms with Gasteiger partial charge in [-0.05, 0) is 19.8 Å². The second kappa shape index (κ2) is 11.0. The van der Waals surface area contributed by atoms with Crippen LogP contribution in [0.3, 0.4) is 0 Å². The smallest absolute Gasteiger partial charge is 0.410 e. The average Bonchev–Trinajstić information content (AvgIpc) is 3.21. The first-order chi connectivity index (χ1) is 13.9. The number of carbonyl (C=O) groups excluding carboxylic acids is 4. The van der Waals surface area contributed by atoms with Crippen LogP contribution >= 0.6 is 11.3 Å². The summed E-state index contributed by atoms with van der Waals surface area (Å²) in [5.41, 5.74) is 4.53. The minimum absolute atomic E-state index is 0.0555. The molecule has 1 aliphatic rings. The molecule has 0 bridgehead atoms. The van der Waals surface area contributed by atoms with Crippen LogP contribution in [0.25, 0.3) is 0 Å². The summed E-state index contributed by atoms with van der Waals surface area (Å²) < 4.78 is 9.56. The number of terminal acetylenes is 1. The Balaban J connectivity index is 1.79. The highest BCUT2D eigenvalue weighted by Gasteiger charge is 2.27. The number of carbonyl (C=O) groups is 4. The van der Waals surface area contributed by atoms with E-state index in [1.54, 1.807) is 17.2 Å². The van der Waals surface area contributed by atoms with Gasteiger partial charge in [0.05, 0.1) is 11.6 Å². The first kappa shape index (κ1) is 22.2. The Morgan fingerprint density at radius 2 is 2.00 bits per heavy atom. The summed E-state index contributed by atoms with van der Waals surface area (Å²) in [6.07, 6.45) is 5.54. The number of nitrogens with zero attached hydrogens (tertiary/aromatic N) is 2. The van der Waals surface area contributed by atoms with Crippen molar-refractivity contribution in [2.24, 2.45) is 0 Å². The predicted octanol–water partition coefficient (Wildman–Crippen LogP) is 0.806. The van der Waals surface area contributed by atoms with E-state index >= 15 is 0 Å². The third-order valence-electron chi connectivity index (χ3n) is 4.06. The second-order valence-corrected chi connectivity index (χ2v) is 6.96. The van der Waals surface area contributed by atoms with Crippen molar-refractivity contribution in [2.75, 3.05) is 26.3 Å². The molecule has 3 amide bonds. The summed E-state index contributed by atoms with van der Waals surface area (Å²) >= 11 is 1.34. The van der Waals surface area contributed by atoms with Crippen LogP contribution in [0.4, 0.5) is 4.79 Å². The number of ether oxygens (including phenoxy) is 2. The van der Waals surface area contributed by atoms with Crippen LogP contribution in [0.5, 0.6) is 0 Å². The Morgan fingerprint density at radius 1 is 1.28 bits per heavy atom. The fraction of sp³-hybridized carbons (Fsp3) is 0.500. The molecule has 2 N–H and O–H groups in total. The molecule has 1 aromatic rings. The summed E-state index contributed by atoms with van der Waals surface area (Å²) in [7, 11) is 0. The molecule has 2 rings (SSSR count). The number of nitrogens with one attached hydrogen (secondary N) is 2. The molecule has 0 aliphatic carbocycles. The van der Waals surface area contributed by atoms with E-state index in [1.165, 1.54) is 11.3 Å². The normalized spacial score (nSPS) is 13.9. The monoisotopic (exact) mass is 422 g/mol. The number of hydrogen-bond donors (Lipinski definition) is 2. The third kappa shape index (κ3) is 6.76. The number of thiazole rings is 1. The molecule has 1 fully saturated rings. The Kier molecular flexibility index (Phi) is 8.42. The molecular weight excluding hydrogens is 400 g/mol. The Bertz CT molecular complexity index is 795. The van der Waals surface area contributed by atoms with E-state index in [-0.39, 0.29) is 24.8 Å². The lowest BCUT2D eigenvalue weighted by molar-refractivity contribution is -0.146. The molecule has 1 saturated heterocycles. The minimum atomic E-state index is -0.684. The molecule has 0 radical (unpaired) electrons. The highest BCUT2D eigenvalue weighted by molar-refractivity contribution is 7.09. The fourth-order valence-electron chi connectivity index (χ4n) is 2.66. The van der Waals surface area contributed by atoms with Crippen LogP contribution in [-0.2, 0) is 19.1 Å².